The average Bonchev–Trinajstić information content (AvgIpc) is 2.39. The maximum Gasteiger partial charge on any atom is 0.265 e. The Morgan fingerprint density at radius 2 is 2.10 bits per heavy atom. The zero-order chi connectivity index (χ0) is 14.8. The SMILES string of the molecule is COc1ccc(Br)cc1NS(=O)(=O)c1cccnc1Cl. The first-order valence-electron chi connectivity index (χ1n) is 5.41. The van der Waals surface area contributed by atoms with Gasteiger partial charge in [-0.3, -0.25) is 4.72 Å². The molecule has 0 aliphatic carbocycles. The van der Waals surface area contributed by atoms with Crippen molar-refractivity contribution >= 4 is 43.2 Å². The van der Waals surface area contributed by atoms with E-state index in [9.17, 15) is 8.42 Å². The summed E-state index contributed by atoms with van der Waals surface area (Å²) < 4.78 is 32.9. The number of nitrogens with one attached hydrogen (secondary N) is 1. The third-order valence-electron chi connectivity index (χ3n) is 2.42. The van der Waals surface area contributed by atoms with Crippen LogP contribution in [-0.4, -0.2) is 20.5 Å². The maximum atomic E-state index is 12.3. The minimum atomic E-state index is -3.84. The molecule has 106 valence electrons. The fourth-order valence-corrected chi connectivity index (χ4v) is 3.41. The summed E-state index contributed by atoms with van der Waals surface area (Å²) in [6.07, 6.45) is 1.42. The lowest BCUT2D eigenvalue weighted by Gasteiger charge is -2.12. The number of pyridine rings is 1. The molecular weight excluding hydrogens is 368 g/mol. The molecule has 0 fully saturated rings. The van der Waals surface area contributed by atoms with Crippen LogP contribution in [0.3, 0.4) is 0 Å². The van der Waals surface area contributed by atoms with E-state index in [2.05, 4.69) is 25.6 Å². The van der Waals surface area contributed by atoms with E-state index in [0.29, 0.717) is 15.9 Å². The Morgan fingerprint density at radius 3 is 2.75 bits per heavy atom. The van der Waals surface area contributed by atoms with Crippen LogP contribution in [-0.2, 0) is 10.0 Å². The molecule has 2 rings (SSSR count). The Balaban J connectivity index is 2.44. The van der Waals surface area contributed by atoms with Gasteiger partial charge in [-0.25, -0.2) is 13.4 Å². The van der Waals surface area contributed by atoms with Crippen molar-refractivity contribution in [1.82, 2.24) is 4.98 Å². The largest absolute Gasteiger partial charge is 0.495 e. The predicted octanol–water partition coefficient (Wildman–Crippen LogP) is 3.31. The van der Waals surface area contributed by atoms with E-state index in [-0.39, 0.29) is 10.0 Å². The van der Waals surface area contributed by atoms with Crippen LogP contribution in [0.1, 0.15) is 0 Å². The topological polar surface area (TPSA) is 68.3 Å². The molecule has 8 heteroatoms. The number of halogens is 2. The lowest BCUT2D eigenvalue weighted by Crippen LogP contribution is -2.14. The number of benzene rings is 1. The van der Waals surface area contributed by atoms with Gasteiger partial charge in [0, 0.05) is 10.7 Å². The Kier molecular flexibility index (Phi) is 4.52. The summed E-state index contributed by atoms with van der Waals surface area (Å²) in [5.74, 6) is 0.400. The van der Waals surface area contributed by atoms with Gasteiger partial charge in [-0.1, -0.05) is 27.5 Å². The summed E-state index contributed by atoms with van der Waals surface area (Å²) in [4.78, 5) is 3.66. The fourth-order valence-electron chi connectivity index (χ4n) is 1.53. The Bertz CT molecular complexity index is 737. The van der Waals surface area contributed by atoms with E-state index in [4.69, 9.17) is 16.3 Å². The molecule has 1 aromatic carbocycles. The smallest absolute Gasteiger partial charge is 0.265 e. The van der Waals surface area contributed by atoms with Crippen molar-refractivity contribution in [2.24, 2.45) is 0 Å². The van der Waals surface area contributed by atoms with Crippen LogP contribution in [0.4, 0.5) is 5.69 Å². The molecule has 2 aromatic rings. The summed E-state index contributed by atoms with van der Waals surface area (Å²) in [5, 5.41) is -0.0889. The quantitative estimate of drug-likeness (QED) is 0.830. The molecule has 0 spiro atoms. The molecule has 1 aromatic heterocycles. The van der Waals surface area contributed by atoms with Crippen LogP contribution in [0.5, 0.6) is 5.75 Å². The summed E-state index contributed by atoms with van der Waals surface area (Å²) in [7, 11) is -2.38. The van der Waals surface area contributed by atoms with E-state index in [1.54, 1.807) is 18.2 Å². The first-order valence-corrected chi connectivity index (χ1v) is 8.06. The zero-order valence-electron chi connectivity index (χ0n) is 10.3. The molecule has 1 heterocycles. The van der Waals surface area contributed by atoms with Crippen molar-refractivity contribution in [1.29, 1.82) is 0 Å². The summed E-state index contributed by atoms with van der Waals surface area (Å²) in [6.45, 7) is 0. The van der Waals surface area contributed by atoms with E-state index in [1.807, 2.05) is 0 Å². The molecule has 0 atom stereocenters. The van der Waals surface area contributed by atoms with E-state index in [0.717, 1.165) is 0 Å². The van der Waals surface area contributed by atoms with Crippen molar-refractivity contribution in [2.75, 3.05) is 11.8 Å². The van der Waals surface area contributed by atoms with Gasteiger partial charge in [0.2, 0.25) is 0 Å². The molecule has 0 amide bonds. The molecule has 0 unspecified atom stereocenters. The van der Waals surface area contributed by atoms with E-state index >= 15 is 0 Å². The molecule has 20 heavy (non-hydrogen) atoms. The third kappa shape index (κ3) is 3.23. The number of aromatic nitrogens is 1. The highest BCUT2D eigenvalue weighted by Crippen LogP contribution is 2.30. The normalized spacial score (nSPS) is 11.2. The van der Waals surface area contributed by atoms with Crippen LogP contribution >= 0.6 is 27.5 Å². The summed E-state index contributed by atoms with van der Waals surface area (Å²) in [5.41, 5.74) is 0.307. The van der Waals surface area contributed by atoms with Gasteiger partial charge in [-0.2, -0.15) is 0 Å². The summed E-state index contributed by atoms with van der Waals surface area (Å²) >= 11 is 9.08. The highest BCUT2D eigenvalue weighted by atomic mass is 79.9. The highest BCUT2D eigenvalue weighted by molar-refractivity contribution is 9.10. The molecule has 0 saturated carbocycles. The van der Waals surface area contributed by atoms with Crippen LogP contribution < -0.4 is 9.46 Å². The van der Waals surface area contributed by atoms with Crippen molar-refractivity contribution in [3.63, 3.8) is 0 Å². The van der Waals surface area contributed by atoms with Gasteiger partial charge in [0.05, 0.1) is 12.8 Å². The molecule has 5 nitrogen and oxygen atoms in total. The number of methoxy groups -OCH3 is 1. The first kappa shape index (κ1) is 15.1. The standard InChI is InChI=1S/C12H10BrClN2O3S/c1-19-10-5-4-8(13)7-9(10)16-20(17,18)11-3-2-6-15-12(11)14/h2-7,16H,1H3. The van der Waals surface area contributed by atoms with E-state index < -0.39 is 10.0 Å². The highest BCUT2D eigenvalue weighted by Gasteiger charge is 2.20. The molecule has 0 aliphatic rings. The predicted molar refractivity (Wildman–Crippen MR) is 80.7 cm³/mol. The Morgan fingerprint density at radius 1 is 1.35 bits per heavy atom. The van der Waals surface area contributed by atoms with Gasteiger partial charge in [-0.15, -0.1) is 0 Å². The first-order chi connectivity index (χ1) is 9.44. The van der Waals surface area contributed by atoms with Gasteiger partial charge in [0.25, 0.3) is 10.0 Å². The Hall–Kier alpha value is -1.31. The van der Waals surface area contributed by atoms with Crippen LogP contribution in [0, 0.1) is 0 Å². The zero-order valence-corrected chi connectivity index (χ0v) is 13.5. The van der Waals surface area contributed by atoms with Crippen molar-refractivity contribution in [3.05, 3.63) is 46.2 Å². The Labute approximate surface area is 130 Å². The fraction of sp³-hybridized carbons (Fsp3) is 0.0833. The third-order valence-corrected chi connectivity index (χ3v) is 4.72. The second-order valence-electron chi connectivity index (χ2n) is 3.74. The number of hydrogen-bond donors (Lipinski definition) is 1. The average molecular weight is 378 g/mol. The van der Waals surface area contributed by atoms with Crippen LogP contribution in [0.2, 0.25) is 5.15 Å². The number of ether oxygens (including phenoxy) is 1. The van der Waals surface area contributed by atoms with Crippen LogP contribution in [0.15, 0.2) is 45.9 Å². The molecule has 0 saturated heterocycles. The van der Waals surface area contributed by atoms with Crippen molar-refractivity contribution in [2.45, 2.75) is 4.90 Å². The lowest BCUT2D eigenvalue weighted by atomic mass is 10.3. The minimum absolute atomic E-state index is 0.0889. The van der Waals surface area contributed by atoms with Gasteiger partial charge in [-0.05, 0) is 30.3 Å². The summed E-state index contributed by atoms with van der Waals surface area (Å²) in [6, 6.07) is 7.86. The minimum Gasteiger partial charge on any atom is -0.495 e. The van der Waals surface area contributed by atoms with Gasteiger partial charge < -0.3 is 4.74 Å². The van der Waals surface area contributed by atoms with Gasteiger partial charge >= 0.3 is 0 Å². The van der Waals surface area contributed by atoms with Crippen molar-refractivity contribution < 1.29 is 13.2 Å². The monoisotopic (exact) mass is 376 g/mol. The lowest BCUT2D eigenvalue weighted by molar-refractivity contribution is 0.417. The number of anilines is 1. The van der Waals surface area contributed by atoms with Gasteiger partial charge in [0.1, 0.15) is 15.8 Å². The van der Waals surface area contributed by atoms with Crippen molar-refractivity contribution in [3.8, 4) is 5.75 Å². The second kappa shape index (κ2) is 5.99. The molecule has 0 aliphatic heterocycles. The van der Waals surface area contributed by atoms with Crippen LogP contribution in [0.25, 0.3) is 0 Å². The number of rotatable bonds is 4. The molecule has 1 N–H and O–H groups in total. The van der Waals surface area contributed by atoms with E-state index in [1.165, 1.54) is 25.4 Å². The number of hydrogen-bond acceptors (Lipinski definition) is 4. The molecule has 0 bridgehead atoms. The number of sulfonamides is 1. The second-order valence-corrected chi connectivity index (χ2v) is 6.67. The van der Waals surface area contributed by atoms with Gasteiger partial charge in [0.15, 0.2) is 0 Å². The number of nitrogens with zero attached hydrogens (tertiary/aromatic N) is 1. The molecular formula is C12H10BrClN2O3S. The maximum absolute atomic E-state index is 12.3. The molecule has 0 radical (unpaired) electrons.